The second-order valence-electron chi connectivity index (χ2n) is 6.45. The lowest BCUT2D eigenvalue weighted by Gasteiger charge is -2.35. The van der Waals surface area contributed by atoms with Crippen molar-refractivity contribution in [3.63, 3.8) is 0 Å². The van der Waals surface area contributed by atoms with Crippen molar-refractivity contribution < 1.29 is 0 Å². The van der Waals surface area contributed by atoms with Crippen LogP contribution < -0.4 is 5.32 Å². The summed E-state index contributed by atoms with van der Waals surface area (Å²) < 4.78 is 0. The van der Waals surface area contributed by atoms with Gasteiger partial charge in [-0.3, -0.25) is 0 Å². The second-order valence-corrected chi connectivity index (χ2v) is 6.45. The summed E-state index contributed by atoms with van der Waals surface area (Å²) >= 11 is 0. The maximum absolute atomic E-state index is 3.56. The minimum Gasteiger partial charge on any atom is -0.385 e. The molecule has 0 spiro atoms. The number of hydrogen-bond donors (Lipinski definition) is 1. The lowest BCUT2D eigenvalue weighted by atomic mass is 9.71. The van der Waals surface area contributed by atoms with Crippen molar-refractivity contribution in [3.8, 4) is 0 Å². The van der Waals surface area contributed by atoms with E-state index >= 15 is 0 Å². The van der Waals surface area contributed by atoms with E-state index in [1.165, 1.54) is 50.6 Å². The normalized spacial score (nSPS) is 30.5. The number of nitrogens with one attached hydrogen (secondary N) is 1. The van der Waals surface area contributed by atoms with Crippen LogP contribution in [0, 0.1) is 11.8 Å². The summed E-state index contributed by atoms with van der Waals surface area (Å²) in [7, 11) is 0. The molecule has 0 bridgehead atoms. The van der Waals surface area contributed by atoms with Gasteiger partial charge in [0.1, 0.15) is 0 Å². The van der Waals surface area contributed by atoms with Gasteiger partial charge in [-0.15, -0.1) is 0 Å². The summed E-state index contributed by atoms with van der Waals surface area (Å²) in [6.45, 7) is 3.55. The third-order valence-corrected chi connectivity index (χ3v) is 5.39. The Labute approximate surface area is 117 Å². The highest BCUT2D eigenvalue weighted by atomic mass is 14.9. The predicted octanol–water partition coefficient (Wildman–Crippen LogP) is 5.19. The Balaban J connectivity index is 1.73. The van der Waals surface area contributed by atoms with Crippen LogP contribution in [0.25, 0.3) is 0 Å². The Bertz CT molecular complexity index is 412. The number of hydrogen-bond acceptors (Lipinski definition) is 1. The molecule has 0 amide bonds. The fraction of sp³-hybridized carbons (Fsp3) is 0.667. The van der Waals surface area contributed by atoms with Gasteiger partial charge in [-0.1, -0.05) is 57.2 Å². The van der Waals surface area contributed by atoms with Crippen LogP contribution in [0.4, 0.5) is 5.69 Å². The third kappa shape index (κ3) is 2.80. The van der Waals surface area contributed by atoms with Gasteiger partial charge in [-0.05, 0) is 42.2 Å². The SMILES string of the molecule is CCC1CCCCC1CC1CCNc2ccccc21. The quantitative estimate of drug-likeness (QED) is 0.785. The molecule has 19 heavy (non-hydrogen) atoms. The van der Waals surface area contributed by atoms with E-state index in [4.69, 9.17) is 0 Å². The van der Waals surface area contributed by atoms with E-state index in [0.29, 0.717) is 0 Å². The molecule has 1 heteroatoms. The van der Waals surface area contributed by atoms with Gasteiger partial charge >= 0.3 is 0 Å². The van der Waals surface area contributed by atoms with Crippen molar-refractivity contribution in [2.45, 2.75) is 57.8 Å². The molecule has 104 valence electrons. The van der Waals surface area contributed by atoms with E-state index in [-0.39, 0.29) is 0 Å². The summed E-state index contributed by atoms with van der Waals surface area (Å²) in [6.07, 6.45) is 10.0. The zero-order chi connectivity index (χ0) is 13.1. The molecule has 2 aliphatic rings. The summed E-state index contributed by atoms with van der Waals surface area (Å²) in [5.74, 6) is 2.78. The number of para-hydroxylation sites is 1. The molecular formula is C18H27N. The standard InChI is InChI=1S/C18H27N/c1-2-14-7-3-4-8-15(14)13-16-11-12-19-18-10-6-5-9-17(16)18/h5-6,9-10,14-16,19H,2-4,7-8,11-13H2,1H3. The lowest BCUT2D eigenvalue weighted by Crippen LogP contribution is -2.24. The molecule has 1 heterocycles. The lowest BCUT2D eigenvalue weighted by molar-refractivity contribution is 0.204. The number of fused-ring (bicyclic) bond motifs is 1. The summed E-state index contributed by atoms with van der Waals surface area (Å²) in [4.78, 5) is 0. The molecule has 1 N–H and O–H groups in total. The van der Waals surface area contributed by atoms with Crippen LogP contribution in [0.1, 0.15) is 63.4 Å². The first-order valence-corrected chi connectivity index (χ1v) is 8.21. The number of benzene rings is 1. The molecule has 0 radical (unpaired) electrons. The first kappa shape index (κ1) is 13.0. The fourth-order valence-corrected chi connectivity index (χ4v) is 4.29. The highest BCUT2D eigenvalue weighted by molar-refractivity contribution is 5.54. The molecule has 1 aliphatic heterocycles. The highest BCUT2D eigenvalue weighted by Gasteiger charge is 2.28. The van der Waals surface area contributed by atoms with Crippen LogP contribution in [0.3, 0.4) is 0 Å². The molecule has 1 aliphatic carbocycles. The maximum Gasteiger partial charge on any atom is 0.0375 e. The Morgan fingerprint density at radius 1 is 1.05 bits per heavy atom. The van der Waals surface area contributed by atoms with Gasteiger partial charge in [0.25, 0.3) is 0 Å². The summed E-state index contributed by atoms with van der Waals surface area (Å²) in [5.41, 5.74) is 2.97. The average molecular weight is 257 g/mol. The van der Waals surface area contributed by atoms with Gasteiger partial charge in [0.15, 0.2) is 0 Å². The minimum absolute atomic E-state index is 0.801. The largest absolute Gasteiger partial charge is 0.385 e. The van der Waals surface area contributed by atoms with Gasteiger partial charge < -0.3 is 5.32 Å². The molecule has 0 saturated heterocycles. The molecule has 1 saturated carbocycles. The van der Waals surface area contributed by atoms with Crippen molar-refractivity contribution in [2.24, 2.45) is 11.8 Å². The van der Waals surface area contributed by atoms with Gasteiger partial charge in [-0.2, -0.15) is 0 Å². The van der Waals surface area contributed by atoms with E-state index in [0.717, 1.165) is 24.3 Å². The van der Waals surface area contributed by atoms with Gasteiger partial charge in [-0.25, -0.2) is 0 Å². The van der Waals surface area contributed by atoms with Crippen LogP contribution in [-0.2, 0) is 0 Å². The minimum atomic E-state index is 0.801. The third-order valence-electron chi connectivity index (χ3n) is 5.39. The van der Waals surface area contributed by atoms with Crippen LogP contribution in [0.2, 0.25) is 0 Å². The molecule has 3 atom stereocenters. The fourth-order valence-electron chi connectivity index (χ4n) is 4.29. The van der Waals surface area contributed by atoms with Crippen molar-refractivity contribution in [2.75, 3.05) is 11.9 Å². The molecular weight excluding hydrogens is 230 g/mol. The zero-order valence-electron chi connectivity index (χ0n) is 12.2. The van der Waals surface area contributed by atoms with Crippen LogP contribution in [0.15, 0.2) is 24.3 Å². The van der Waals surface area contributed by atoms with Gasteiger partial charge in [0.05, 0.1) is 0 Å². The molecule has 1 nitrogen and oxygen atoms in total. The van der Waals surface area contributed by atoms with Crippen molar-refractivity contribution in [3.05, 3.63) is 29.8 Å². The van der Waals surface area contributed by atoms with Crippen molar-refractivity contribution in [1.82, 2.24) is 0 Å². The van der Waals surface area contributed by atoms with Crippen LogP contribution in [-0.4, -0.2) is 6.54 Å². The monoisotopic (exact) mass is 257 g/mol. The van der Waals surface area contributed by atoms with Crippen LogP contribution in [0.5, 0.6) is 0 Å². The summed E-state index contributed by atoms with van der Waals surface area (Å²) in [6, 6.07) is 8.95. The zero-order valence-corrected chi connectivity index (χ0v) is 12.2. The Hall–Kier alpha value is -0.980. The molecule has 0 aromatic heterocycles. The molecule has 3 unspecified atom stereocenters. The van der Waals surface area contributed by atoms with Crippen molar-refractivity contribution in [1.29, 1.82) is 0 Å². The number of rotatable bonds is 3. The molecule has 1 aromatic rings. The van der Waals surface area contributed by atoms with E-state index < -0.39 is 0 Å². The van der Waals surface area contributed by atoms with Gasteiger partial charge in [0, 0.05) is 12.2 Å². The van der Waals surface area contributed by atoms with Crippen LogP contribution >= 0.6 is 0 Å². The van der Waals surface area contributed by atoms with E-state index in [9.17, 15) is 0 Å². The first-order chi connectivity index (χ1) is 9.38. The first-order valence-electron chi connectivity index (χ1n) is 8.21. The Morgan fingerprint density at radius 3 is 2.68 bits per heavy atom. The van der Waals surface area contributed by atoms with E-state index in [2.05, 4.69) is 36.5 Å². The second kappa shape index (κ2) is 5.98. The topological polar surface area (TPSA) is 12.0 Å². The highest BCUT2D eigenvalue weighted by Crippen LogP contribution is 2.42. The Kier molecular flexibility index (Phi) is 4.10. The molecule has 1 fully saturated rings. The summed E-state index contributed by atoms with van der Waals surface area (Å²) in [5, 5.41) is 3.56. The van der Waals surface area contributed by atoms with Crippen molar-refractivity contribution >= 4 is 5.69 Å². The number of anilines is 1. The Morgan fingerprint density at radius 2 is 1.84 bits per heavy atom. The van der Waals surface area contributed by atoms with E-state index in [1.54, 1.807) is 5.56 Å². The smallest absolute Gasteiger partial charge is 0.0375 e. The molecule has 1 aromatic carbocycles. The average Bonchev–Trinajstić information content (AvgIpc) is 2.48. The maximum atomic E-state index is 3.56. The predicted molar refractivity (Wildman–Crippen MR) is 82.6 cm³/mol. The van der Waals surface area contributed by atoms with Gasteiger partial charge in [0.2, 0.25) is 0 Å². The molecule has 3 rings (SSSR count). The van der Waals surface area contributed by atoms with E-state index in [1.807, 2.05) is 0 Å².